The third kappa shape index (κ3) is 5.15. The van der Waals surface area contributed by atoms with E-state index in [1.165, 1.54) is 5.56 Å². The van der Waals surface area contributed by atoms with Crippen molar-refractivity contribution >= 4 is 5.97 Å². The van der Waals surface area contributed by atoms with Crippen LogP contribution in [0.2, 0.25) is 0 Å². The lowest BCUT2D eigenvalue weighted by Crippen LogP contribution is -2.44. The van der Waals surface area contributed by atoms with Crippen molar-refractivity contribution < 1.29 is 9.53 Å². The Morgan fingerprint density at radius 3 is 2.40 bits per heavy atom. The molecule has 2 aromatic carbocycles. The van der Waals surface area contributed by atoms with Crippen molar-refractivity contribution in [1.29, 1.82) is 0 Å². The molecule has 0 spiro atoms. The van der Waals surface area contributed by atoms with Gasteiger partial charge in [-0.05, 0) is 36.9 Å². The molecule has 2 atom stereocenters. The van der Waals surface area contributed by atoms with Crippen molar-refractivity contribution in [3.05, 3.63) is 71.8 Å². The van der Waals surface area contributed by atoms with Crippen LogP contribution in [0.1, 0.15) is 24.0 Å². The molecule has 3 rings (SSSR count). The van der Waals surface area contributed by atoms with Gasteiger partial charge in [0.1, 0.15) is 12.6 Å². The first kappa shape index (κ1) is 17.6. The number of nitrogens with zero attached hydrogens (tertiary/aromatic N) is 1. The average Bonchev–Trinajstić information content (AvgIpc) is 3.09. The van der Waals surface area contributed by atoms with Gasteiger partial charge in [-0.3, -0.25) is 9.69 Å². The maximum absolute atomic E-state index is 12.5. The molecule has 1 saturated heterocycles. The molecular weight excluding hydrogens is 312 g/mol. The Labute approximate surface area is 149 Å². The maximum atomic E-state index is 12.5. The highest BCUT2D eigenvalue weighted by Gasteiger charge is 2.32. The van der Waals surface area contributed by atoms with Gasteiger partial charge in [0.25, 0.3) is 0 Å². The molecular formula is C21H26N2O2. The van der Waals surface area contributed by atoms with E-state index in [2.05, 4.69) is 17.0 Å². The fourth-order valence-electron chi connectivity index (χ4n) is 3.42. The summed E-state index contributed by atoms with van der Waals surface area (Å²) in [4.78, 5) is 14.6. The lowest BCUT2D eigenvalue weighted by molar-refractivity contribution is -0.150. The molecule has 0 aromatic heterocycles. The average molecular weight is 338 g/mol. The van der Waals surface area contributed by atoms with Crippen LogP contribution in [0.25, 0.3) is 0 Å². The molecule has 25 heavy (non-hydrogen) atoms. The van der Waals surface area contributed by atoms with E-state index >= 15 is 0 Å². The number of carbonyl (C=O) groups is 1. The van der Waals surface area contributed by atoms with E-state index in [1.54, 1.807) is 0 Å². The monoisotopic (exact) mass is 338 g/mol. The van der Waals surface area contributed by atoms with E-state index < -0.39 is 0 Å². The Hall–Kier alpha value is -2.17. The summed E-state index contributed by atoms with van der Waals surface area (Å²) in [7, 11) is 0. The molecule has 0 amide bonds. The zero-order valence-corrected chi connectivity index (χ0v) is 14.5. The summed E-state index contributed by atoms with van der Waals surface area (Å²) in [6.07, 6.45) is 2.69. The standard InChI is InChI=1S/C21H26N2O2/c22-19(14-17-8-3-1-4-9-17)15-23-13-7-12-20(23)21(24)25-16-18-10-5-2-6-11-18/h1-6,8-11,19-20H,7,12-16,22H2/t19-,20-/m0/s1. The first-order valence-electron chi connectivity index (χ1n) is 8.96. The van der Waals surface area contributed by atoms with Gasteiger partial charge >= 0.3 is 5.97 Å². The summed E-state index contributed by atoms with van der Waals surface area (Å²) in [6.45, 7) is 1.97. The van der Waals surface area contributed by atoms with Crippen molar-refractivity contribution in [1.82, 2.24) is 4.90 Å². The van der Waals surface area contributed by atoms with Gasteiger partial charge < -0.3 is 10.5 Å². The Kier molecular flexibility index (Phi) is 6.20. The summed E-state index contributed by atoms with van der Waals surface area (Å²) in [5, 5.41) is 0. The van der Waals surface area contributed by atoms with Gasteiger partial charge in [0.2, 0.25) is 0 Å². The van der Waals surface area contributed by atoms with Gasteiger partial charge in [-0.2, -0.15) is 0 Å². The number of rotatable bonds is 7. The van der Waals surface area contributed by atoms with Gasteiger partial charge in [0.15, 0.2) is 0 Å². The zero-order chi connectivity index (χ0) is 17.5. The highest BCUT2D eigenvalue weighted by molar-refractivity contribution is 5.76. The quantitative estimate of drug-likeness (QED) is 0.789. The topological polar surface area (TPSA) is 55.6 Å². The van der Waals surface area contributed by atoms with Gasteiger partial charge in [-0.1, -0.05) is 60.7 Å². The van der Waals surface area contributed by atoms with E-state index in [0.29, 0.717) is 6.61 Å². The number of hydrogen-bond donors (Lipinski definition) is 1. The van der Waals surface area contributed by atoms with E-state index in [-0.39, 0.29) is 18.1 Å². The number of carbonyl (C=O) groups excluding carboxylic acids is 1. The van der Waals surface area contributed by atoms with Crippen LogP contribution >= 0.6 is 0 Å². The van der Waals surface area contributed by atoms with Crippen LogP contribution in [0.4, 0.5) is 0 Å². The van der Waals surface area contributed by atoms with Crippen molar-refractivity contribution in [2.45, 2.75) is 38.0 Å². The normalized spacial score (nSPS) is 18.8. The predicted octanol–water partition coefficient (Wildman–Crippen LogP) is 2.76. The maximum Gasteiger partial charge on any atom is 0.323 e. The first-order valence-corrected chi connectivity index (χ1v) is 8.96. The minimum atomic E-state index is -0.162. The number of benzene rings is 2. The van der Waals surface area contributed by atoms with Crippen LogP contribution in [0, 0.1) is 0 Å². The number of esters is 1. The van der Waals surface area contributed by atoms with Gasteiger partial charge in [-0.25, -0.2) is 0 Å². The molecule has 0 radical (unpaired) electrons. The highest BCUT2D eigenvalue weighted by Crippen LogP contribution is 2.19. The number of ether oxygens (including phenoxy) is 1. The second-order valence-electron chi connectivity index (χ2n) is 6.70. The third-order valence-corrected chi connectivity index (χ3v) is 4.67. The summed E-state index contributed by atoms with van der Waals surface area (Å²) >= 11 is 0. The highest BCUT2D eigenvalue weighted by atomic mass is 16.5. The van der Waals surface area contributed by atoms with E-state index in [0.717, 1.165) is 37.9 Å². The molecule has 4 nitrogen and oxygen atoms in total. The van der Waals surface area contributed by atoms with Crippen LogP contribution in [0.5, 0.6) is 0 Å². The number of likely N-dealkylation sites (tertiary alicyclic amines) is 1. The van der Waals surface area contributed by atoms with E-state index in [1.807, 2.05) is 48.5 Å². The molecule has 1 fully saturated rings. The molecule has 0 aliphatic carbocycles. The Balaban J connectivity index is 1.50. The first-order chi connectivity index (χ1) is 12.2. The summed E-state index contributed by atoms with van der Waals surface area (Å²) in [5.74, 6) is -0.131. The van der Waals surface area contributed by atoms with Gasteiger partial charge in [0, 0.05) is 12.6 Å². The van der Waals surface area contributed by atoms with Crippen LogP contribution in [0.15, 0.2) is 60.7 Å². The summed E-state index contributed by atoms with van der Waals surface area (Å²) in [5.41, 5.74) is 8.57. The smallest absolute Gasteiger partial charge is 0.323 e. The van der Waals surface area contributed by atoms with Gasteiger partial charge in [0.05, 0.1) is 0 Å². The molecule has 1 heterocycles. The van der Waals surface area contributed by atoms with Crippen molar-refractivity contribution in [3.8, 4) is 0 Å². The second kappa shape index (κ2) is 8.79. The zero-order valence-electron chi connectivity index (χ0n) is 14.5. The minimum absolute atomic E-state index is 0.0184. The molecule has 2 aromatic rings. The third-order valence-electron chi connectivity index (χ3n) is 4.67. The minimum Gasteiger partial charge on any atom is -0.460 e. The fraction of sp³-hybridized carbons (Fsp3) is 0.381. The molecule has 1 aliphatic rings. The van der Waals surface area contributed by atoms with Gasteiger partial charge in [-0.15, -0.1) is 0 Å². The Morgan fingerprint density at radius 2 is 1.72 bits per heavy atom. The fourth-order valence-corrected chi connectivity index (χ4v) is 3.42. The summed E-state index contributed by atoms with van der Waals surface area (Å²) < 4.78 is 5.52. The number of nitrogens with two attached hydrogens (primary N) is 1. The molecule has 1 aliphatic heterocycles. The largest absolute Gasteiger partial charge is 0.460 e. The van der Waals surface area contributed by atoms with E-state index in [4.69, 9.17) is 10.5 Å². The lowest BCUT2D eigenvalue weighted by atomic mass is 10.1. The summed E-state index contributed by atoms with van der Waals surface area (Å²) in [6, 6.07) is 19.9. The van der Waals surface area contributed by atoms with E-state index in [9.17, 15) is 4.79 Å². The molecule has 132 valence electrons. The predicted molar refractivity (Wildman–Crippen MR) is 99.0 cm³/mol. The molecule has 0 bridgehead atoms. The molecule has 0 saturated carbocycles. The molecule has 2 N–H and O–H groups in total. The second-order valence-corrected chi connectivity index (χ2v) is 6.70. The van der Waals surface area contributed by atoms with Crippen molar-refractivity contribution in [2.24, 2.45) is 5.73 Å². The number of hydrogen-bond acceptors (Lipinski definition) is 4. The van der Waals surface area contributed by atoms with Crippen LogP contribution < -0.4 is 5.73 Å². The Bertz CT molecular complexity index is 660. The van der Waals surface area contributed by atoms with Crippen LogP contribution in [-0.4, -0.2) is 36.0 Å². The van der Waals surface area contributed by atoms with Crippen LogP contribution in [0.3, 0.4) is 0 Å². The SMILES string of the molecule is N[C@@H](Cc1ccccc1)CN1CCC[C@H]1C(=O)OCc1ccccc1. The molecule has 4 heteroatoms. The van der Waals surface area contributed by atoms with Crippen LogP contribution in [-0.2, 0) is 22.6 Å². The molecule has 0 unspecified atom stereocenters. The van der Waals surface area contributed by atoms with Crippen molar-refractivity contribution in [2.75, 3.05) is 13.1 Å². The Morgan fingerprint density at radius 1 is 1.08 bits per heavy atom. The lowest BCUT2D eigenvalue weighted by Gasteiger charge is -2.26. The van der Waals surface area contributed by atoms with Crippen molar-refractivity contribution in [3.63, 3.8) is 0 Å².